The lowest BCUT2D eigenvalue weighted by Crippen LogP contribution is -2.38. The fourth-order valence-corrected chi connectivity index (χ4v) is 5.73. The summed E-state index contributed by atoms with van der Waals surface area (Å²) in [6.45, 7) is 3.92. The Balaban J connectivity index is 1.63. The number of nitrogens with zero attached hydrogens (tertiary/aromatic N) is 2. The predicted octanol–water partition coefficient (Wildman–Crippen LogP) is 4.92. The lowest BCUT2D eigenvalue weighted by molar-refractivity contribution is -0.117. The van der Waals surface area contributed by atoms with Gasteiger partial charge in [0.1, 0.15) is 6.54 Å². The van der Waals surface area contributed by atoms with Crippen LogP contribution in [0.4, 0.5) is 17.1 Å². The van der Waals surface area contributed by atoms with Gasteiger partial charge in [0.25, 0.3) is 10.0 Å². The van der Waals surface area contributed by atoms with Crippen molar-refractivity contribution in [3.05, 3.63) is 82.9 Å². The van der Waals surface area contributed by atoms with E-state index in [1.54, 1.807) is 53.4 Å². The van der Waals surface area contributed by atoms with Crippen LogP contribution >= 0.6 is 11.6 Å². The molecule has 0 bridgehead atoms. The molecule has 4 rings (SSSR count). The normalized spacial score (nSPS) is 13.7. The summed E-state index contributed by atoms with van der Waals surface area (Å²) in [5.41, 5.74) is 3.25. The Kier molecular flexibility index (Phi) is 7.14. The molecule has 1 aliphatic heterocycles. The molecule has 1 fully saturated rings. The minimum Gasteiger partial charge on any atom is -0.324 e. The smallest absolute Gasteiger partial charge is 0.264 e. The quantitative estimate of drug-likeness (QED) is 0.488. The Morgan fingerprint density at radius 1 is 1.06 bits per heavy atom. The topological polar surface area (TPSA) is 86.8 Å². The molecule has 9 heteroatoms. The number of halogens is 1. The van der Waals surface area contributed by atoms with Gasteiger partial charge in [-0.15, -0.1) is 0 Å². The molecule has 0 aliphatic carbocycles. The van der Waals surface area contributed by atoms with E-state index in [9.17, 15) is 18.0 Å². The van der Waals surface area contributed by atoms with Crippen molar-refractivity contribution in [1.29, 1.82) is 0 Å². The van der Waals surface area contributed by atoms with Gasteiger partial charge in [-0.05, 0) is 62.2 Å². The third-order valence-electron chi connectivity index (χ3n) is 5.87. The highest BCUT2D eigenvalue weighted by Crippen LogP contribution is 2.31. The van der Waals surface area contributed by atoms with Crippen LogP contribution in [-0.2, 0) is 19.6 Å². The van der Waals surface area contributed by atoms with Gasteiger partial charge in [-0.1, -0.05) is 47.5 Å². The summed E-state index contributed by atoms with van der Waals surface area (Å²) in [7, 11) is -4.08. The maximum atomic E-state index is 13.5. The molecule has 0 aromatic heterocycles. The van der Waals surface area contributed by atoms with Crippen LogP contribution in [0.3, 0.4) is 0 Å². The van der Waals surface area contributed by atoms with Crippen molar-refractivity contribution < 1.29 is 18.0 Å². The lowest BCUT2D eigenvalue weighted by Gasteiger charge is -2.25. The molecule has 35 heavy (non-hydrogen) atoms. The molecule has 182 valence electrons. The first-order valence-corrected chi connectivity index (χ1v) is 13.0. The number of carbonyl (C=O) groups excluding carboxylic acids is 2. The van der Waals surface area contributed by atoms with Gasteiger partial charge in [-0.3, -0.25) is 13.9 Å². The van der Waals surface area contributed by atoms with Crippen molar-refractivity contribution >= 4 is 50.5 Å². The molecule has 0 saturated carbocycles. The Morgan fingerprint density at radius 2 is 1.77 bits per heavy atom. The highest BCUT2D eigenvalue weighted by Gasteiger charge is 2.29. The zero-order valence-corrected chi connectivity index (χ0v) is 21.1. The van der Waals surface area contributed by atoms with Crippen molar-refractivity contribution in [1.82, 2.24) is 0 Å². The van der Waals surface area contributed by atoms with Gasteiger partial charge in [0, 0.05) is 24.3 Å². The van der Waals surface area contributed by atoms with Gasteiger partial charge in [-0.2, -0.15) is 0 Å². The number of carbonyl (C=O) groups is 2. The van der Waals surface area contributed by atoms with Crippen LogP contribution in [0, 0.1) is 13.8 Å². The maximum Gasteiger partial charge on any atom is 0.264 e. The molecule has 1 saturated heterocycles. The molecule has 3 aromatic rings. The van der Waals surface area contributed by atoms with E-state index in [1.807, 2.05) is 19.9 Å². The summed E-state index contributed by atoms with van der Waals surface area (Å²) < 4.78 is 28.1. The van der Waals surface area contributed by atoms with E-state index < -0.39 is 22.5 Å². The van der Waals surface area contributed by atoms with Crippen LogP contribution in [0.25, 0.3) is 0 Å². The first kappa shape index (κ1) is 24.8. The van der Waals surface area contributed by atoms with Crippen LogP contribution in [0.5, 0.6) is 0 Å². The maximum absolute atomic E-state index is 13.5. The number of hydrogen-bond donors (Lipinski definition) is 1. The van der Waals surface area contributed by atoms with Gasteiger partial charge in [0.15, 0.2) is 0 Å². The molecular weight excluding hydrogens is 486 g/mol. The van der Waals surface area contributed by atoms with Crippen molar-refractivity contribution in [2.24, 2.45) is 0 Å². The predicted molar refractivity (Wildman–Crippen MR) is 139 cm³/mol. The SMILES string of the molecule is Cc1ccc(S(=O)(=O)N(CC(=O)Nc2ccc(C)c(N3CCCC3=O)c2)c2ccccc2Cl)cc1. The number of amides is 2. The first-order chi connectivity index (χ1) is 16.7. The summed E-state index contributed by atoms with van der Waals surface area (Å²) >= 11 is 6.33. The molecule has 2 amide bonds. The second-order valence-corrected chi connectivity index (χ2v) is 10.7. The monoisotopic (exact) mass is 511 g/mol. The molecule has 7 nitrogen and oxygen atoms in total. The minimum atomic E-state index is -4.08. The van der Waals surface area contributed by atoms with E-state index in [1.165, 1.54) is 12.1 Å². The van der Waals surface area contributed by atoms with E-state index in [-0.39, 0.29) is 21.5 Å². The number of aryl methyl sites for hydroxylation is 2. The first-order valence-electron chi connectivity index (χ1n) is 11.2. The average Bonchev–Trinajstić information content (AvgIpc) is 3.25. The summed E-state index contributed by atoms with van der Waals surface area (Å²) in [6.07, 6.45) is 1.29. The van der Waals surface area contributed by atoms with Gasteiger partial charge in [0.2, 0.25) is 11.8 Å². The number of para-hydroxylation sites is 1. The molecule has 0 unspecified atom stereocenters. The molecule has 3 aromatic carbocycles. The highest BCUT2D eigenvalue weighted by molar-refractivity contribution is 7.92. The molecule has 0 atom stereocenters. The largest absolute Gasteiger partial charge is 0.324 e. The molecular formula is C26H26ClN3O4S. The fraction of sp³-hybridized carbons (Fsp3) is 0.231. The van der Waals surface area contributed by atoms with Gasteiger partial charge >= 0.3 is 0 Å². The Bertz CT molecular complexity index is 1370. The average molecular weight is 512 g/mol. The molecule has 0 radical (unpaired) electrons. The summed E-state index contributed by atoms with van der Waals surface area (Å²) in [5.74, 6) is -0.492. The van der Waals surface area contributed by atoms with E-state index in [4.69, 9.17) is 11.6 Å². The second-order valence-electron chi connectivity index (χ2n) is 8.47. The molecule has 1 aliphatic rings. The zero-order valence-electron chi connectivity index (χ0n) is 19.5. The highest BCUT2D eigenvalue weighted by atomic mass is 35.5. The van der Waals surface area contributed by atoms with Gasteiger partial charge in [-0.25, -0.2) is 8.42 Å². The van der Waals surface area contributed by atoms with Gasteiger partial charge in [0.05, 0.1) is 15.6 Å². The fourth-order valence-electron chi connectivity index (χ4n) is 4.00. The third-order valence-corrected chi connectivity index (χ3v) is 7.97. The van der Waals surface area contributed by atoms with E-state index in [0.29, 0.717) is 18.7 Å². The van der Waals surface area contributed by atoms with Crippen molar-refractivity contribution in [3.8, 4) is 0 Å². The number of nitrogens with one attached hydrogen (secondary N) is 1. The Hall–Kier alpha value is -3.36. The van der Waals surface area contributed by atoms with Crippen LogP contribution in [0.1, 0.15) is 24.0 Å². The number of anilines is 3. The molecule has 0 spiro atoms. The van der Waals surface area contributed by atoms with Crippen molar-refractivity contribution in [2.75, 3.05) is 27.6 Å². The molecule has 1 N–H and O–H groups in total. The summed E-state index contributed by atoms with van der Waals surface area (Å²) in [6, 6.07) is 18.2. The van der Waals surface area contributed by atoms with Gasteiger partial charge < -0.3 is 10.2 Å². The number of sulfonamides is 1. The van der Waals surface area contributed by atoms with E-state index >= 15 is 0 Å². The summed E-state index contributed by atoms with van der Waals surface area (Å²) in [5, 5.41) is 2.98. The minimum absolute atomic E-state index is 0.0469. The van der Waals surface area contributed by atoms with E-state index in [0.717, 1.165) is 27.5 Å². The third kappa shape index (κ3) is 5.33. The standard InChI is InChI=1S/C26H26ClN3O4S/c1-18-9-13-21(14-10-18)35(33,34)30(23-7-4-3-6-22(23)27)17-25(31)28-20-12-11-19(2)24(16-20)29-15-5-8-26(29)32/h3-4,6-7,9-14,16H,5,8,15,17H2,1-2H3,(H,28,31). The Morgan fingerprint density at radius 3 is 2.43 bits per heavy atom. The van der Waals surface area contributed by atoms with Crippen molar-refractivity contribution in [2.45, 2.75) is 31.6 Å². The second kappa shape index (κ2) is 10.1. The van der Waals surface area contributed by atoms with E-state index in [2.05, 4.69) is 5.32 Å². The number of rotatable bonds is 7. The number of hydrogen-bond acceptors (Lipinski definition) is 4. The molecule has 1 heterocycles. The lowest BCUT2D eigenvalue weighted by atomic mass is 10.1. The summed E-state index contributed by atoms with van der Waals surface area (Å²) in [4.78, 5) is 27.1. The Labute approximate surface area is 210 Å². The van der Waals surface area contributed by atoms with Crippen LogP contribution in [0.15, 0.2) is 71.6 Å². The van der Waals surface area contributed by atoms with Crippen molar-refractivity contribution in [3.63, 3.8) is 0 Å². The van der Waals surface area contributed by atoms with Crippen LogP contribution in [0.2, 0.25) is 5.02 Å². The zero-order chi connectivity index (χ0) is 25.2. The van der Waals surface area contributed by atoms with Crippen LogP contribution < -0.4 is 14.5 Å². The number of benzene rings is 3. The van der Waals surface area contributed by atoms with Crippen LogP contribution in [-0.4, -0.2) is 33.3 Å².